The van der Waals surface area contributed by atoms with Crippen LogP contribution in [0.2, 0.25) is 0 Å². The number of phenols is 1. The van der Waals surface area contributed by atoms with Crippen LogP contribution in [0.15, 0.2) is 36.4 Å². The highest BCUT2D eigenvalue weighted by atomic mass is 19.1. The van der Waals surface area contributed by atoms with Gasteiger partial charge in [-0.25, -0.2) is 4.39 Å². The van der Waals surface area contributed by atoms with Crippen LogP contribution in [0.25, 0.3) is 0 Å². The third kappa shape index (κ3) is 3.38. The van der Waals surface area contributed by atoms with E-state index in [1.807, 2.05) is 0 Å². The minimum Gasteiger partial charge on any atom is -0.504 e. The first kappa shape index (κ1) is 14.6. The summed E-state index contributed by atoms with van der Waals surface area (Å²) in [5.41, 5.74) is 0.509. The van der Waals surface area contributed by atoms with Gasteiger partial charge in [-0.2, -0.15) is 0 Å². The fourth-order valence-electron chi connectivity index (χ4n) is 1.81. The number of halogens is 1. The Morgan fingerprint density at radius 1 is 1.33 bits per heavy atom. The maximum Gasteiger partial charge on any atom is 0.271 e. The molecule has 0 atom stereocenters. The molecule has 0 radical (unpaired) electrons. The average Bonchev–Trinajstić information content (AvgIpc) is 2.46. The number of nitrogens with one attached hydrogen (secondary N) is 1. The van der Waals surface area contributed by atoms with E-state index in [9.17, 15) is 19.6 Å². The molecular weight excluding hydrogens is 279 g/mol. The summed E-state index contributed by atoms with van der Waals surface area (Å²) in [6.45, 7) is 0.204. The Labute approximate surface area is 119 Å². The molecule has 110 valence electrons. The van der Waals surface area contributed by atoms with Crippen LogP contribution in [0, 0.1) is 15.9 Å². The van der Waals surface area contributed by atoms with Gasteiger partial charge in [0.2, 0.25) is 0 Å². The number of nitrogens with zero attached hydrogens (tertiary/aromatic N) is 1. The Morgan fingerprint density at radius 2 is 2.10 bits per heavy atom. The van der Waals surface area contributed by atoms with Crippen molar-refractivity contribution >= 4 is 11.4 Å². The van der Waals surface area contributed by atoms with Crippen molar-refractivity contribution in [3.63, 3.8) is 0 Å². The zero-order chi connectivity index (χ0) is 15.4. The highest BCUT2D eigenvalue weighted by Crippen LogP contribution is 2.27. The molecule has 2 aromatic rings. The Bertz CT molecular complexity index is 676. The van der Waals surface area contributed by atoms with E-state index in [1.54, 1.807) is 12.1 Å². The molecule has 0 saturated carbocycles. The van der Waals surface area contributed by atoms with E-state index >= 15 is 0 Å². The van der Waals surface area contributed by atoms with Gasteiger partial charge in [-0.15, -0.1) is 0 Å². The lowest BCUT2D eigenvalue weighted by Crippen LogP contribution is -2.02. The van der Waals surface area contributed by atoms with Crippen molar-refractivity contribution in [1.82, 2.24) is 0 Å². The fourth-order valence-corrected chi connectivity index (χ4v) is 1.81. The van der Waals surface area contributed by atoms with Gasteiger partial charge in [0, 0.05) is 18.7 Å². The largest absolute Gasteiger partial charge is 0.504 e. The van der Waals surface area contributed by atoms with Crippen molar-refractivity contribution in [1.29, 1.82) is 0 Å². The van der Waals surface area contributed by atoms with Gasteiger partial charge < -0.3 is 15.2 Å². The molecule has 0 saturated heterocycles. The number of aromatic hydroxyl groups is 1. The smallest absolute Gasteiger partial charge is 0.271 e. The van der Waals surface area contributed by atoms with E-state index in [0.717, 1.165) is 18.2 Å². The third-order valence-electron chi connectivity index (χ3n) is 2.89. The fraction of sp³-hybridized carbons (Fsp3) is 0.143. The average molecular weight is 292 g/mol. The Hall–Kier alpha value is -2.83. The standard InChI is InChI=1S/C14H13FN2O4/c1-21-14-5-2-9(6-13(14)18)8-16-12-7-10(17(19)20)3-4-11(12)15/h2-7,16,18H,8H2,1H3. The van der Waals surface area contributed by atoms with E-state index in [4.69, 9.17) is 4.74 Å². The van der Waals surface area contributed by atoms with Crippen LogP contribution in [0.1, 0.15) is 5.56 Å². The molecule has 0 aliphatic carbocycles. The second-order valence-corrected chi connectivity index (χ2v) is 4.28. The van der Waals surface area contributed by atoms with E-state index < -0.39 is 10.7 Å². The molecular formula is C14H13FN2O4. The van der Waals surface area contributed by atoms with Crippen molar-refractivity contribution in [3.8, 4) is 11.5 Å². The number of phenolic OH excluding ortho intramolecular Hbond substituents is 1. The normalized spacial score (nSPS) is 10.2. The molecule has 0 unspecified atom stereocenters. The molecule has 21 heavy (non-hydrogen) atoms. The number of ether oxygens (including phenoxy) is 1. The first-order chi connectivity index (χ1) is 10.0. The molecule has 0 aliphatic rings. The van der Waals surface area contributed by atoms with Crippen molar-refractivity contribution < 1.29 is 19.2 Å². The van der Waals surface area contributed by atoms with E-state index in [1.165, 1.54) is 13.2 Å². The van der Waals surface area contributed by atoms with Crippen molar-refractivity contribution in [3.05, 3.63) is 57.9 Å². The van der Waals surface area contributed by atoms with Gasteiger partial charge in [-0.3, -0.25) is 10.1 Å². The van der Waals surface area contributed by atoms with Gasteiger partial charge in [-0.1, -0.05) is 6.07 Å². The summed E-state index contributed by atoms with van der Waals surface area (Å²) in [5.74, 6) is -0.282. The lowest BCUT2D eigenvalue weighted by Gasteiger charge is -2.09. The van der Waals surface area contributed by atoms with Crippen LogP contribution >= 0.6 is 0 Å². The van der Waals surface area contributed by atoms with E-state index in [-0.39, 0.29) is 23.7 Å². The predicted octanol–water partition coefficient (Wildman–Crippen LogP) is 3.06. The number of methoxy groups -OCH3 is 1. The maximum absolute atomic E-state index is 13.6. The summed E-state index contributed by atoms with van der Waals surface area (Å²) in [4.78, 5) is 10.1. The van der Waals surface area contributed by atoms with Crippen LogP contribution in [-0.4, -0.2) is 17.1 Å². The number of rotatable bonds is 5. The van der Waals surface area contributed by atoms with Crippen LogP contribution in [0.5, 0.6) is 11.5 Å². The summed E-state index contributed by atoms with van der Waals surface area (Å²) in [7, 11) is 1.44. The number of nitro benzene ring substituents is 1. The summed E-state index contributed by atoms with van der Waals surface area (Å²) >= 11 is 0. The third-order valence-corrected chi connectivity index (χ3v) is 2.89. The number of benzene rings is 2. The van der Waals surface area contributed by atoms with Crippen LogP contribution in [-0.2, 0) is 6.54 Å². The first-order valence-corrected chi connectivity index (χ1v) is 6.05. The Kier molecular flexibility index (Phi) is 4.22. The topological polar surface area (TPSA) is 84.6 Å². The van der Waals surface area contributed by atoms with Gasteiger partial charge >= 0.3 is 0 Å². The van der Waals surface area contributed by atoms with Crippen LogP contribution < -0.4 is 10.1 Å². The number of nitro groups is 1. The summed E-state index contributed by atoms with van der Waals surface area (Å²) < 4.78 is 18.5. The minimum atomic E-state index is -0.593. The first-order valence-electron chi connectivity index (χ1n) is 6.05. The monoisotopic (exact) mass is 292 g/mol. The van der Waals surface area contributed by atoms with Crippen molar-refractivity contribution in [2.24, 2.45) is 0 Å². The molecule has 2 rings (SSSR count). The molecule has 2 N–H and O–H groups in total. The number of hydrogen-bond acceptors (Lipinski definition) is 5. The van der Waals surface area contributed by atoms with Crippen LogP contribution in [0.3, 0.4) is 0 Å². The molecule has 6 nitrogen and oxygen atoms in total. The molecule has 2 aromatic carbocycles. The second kappa shape index (κ2) is 6.08. The van der Waals surface area contributed by atoms with Gasteiger partial charge in [0.15, 0.2) is 11.5 Å². The molecule has 0 bridgehead atoms. The van der Waals surface area contributed by atoms with Gasteiger partial charge in [0.25, 0.3) is 5.69 Å². The summed E-state index contributed by atoms with van der Waals surface area (Å²) in [6, 6.07) is 8.00. The van der Waals surface area contributed by atoms with Crippen LogP contribution in [0.4, 0.5) is 15.8 Å². The highest BCUT2D eigenvalue weighted by Gasteiger charge is 2.11. The molecule has 0 aliphatic heterocycles. The minimum absolute atomic E-state index is 0.0273. The quantitative estimate of drug-likeness (QED) is 0.653. The van der Waals surface area contributed by atoms with Crippen molar-refractivity contribution in [2.75, 3.05) is 12.4 Å². The maximum atomic E-state index is 13.6. The summed E-state index contributed by atoms with van der Waals surface area (Å²) in [5, 5.41) is 23.1. The molecule has 0 spiro atoms. The van der Waals surface area contributed by atoms with Gasteiger partial charge in [-0.05, 0) is 23.8 Å². The molecule has 7 heteroatoms. The summed E-state index contributed by atoms with van der Waals surface area (Å²) in [6.07, 6.45) is 0. The van der Waals surface area contributed by atoms with Crippen molar-refractivity contribution in [2.45, 2.75) is 6.54 Å². The lowest BCUT2D eigenvalue weighted by atomic mass is 10.2. The molecule has 0 heterocycles. The number of anilines is 1. The van der Waals surface area contributed by atoms with E-state index in [2.05, 4.69) is 5.32 Å². The second-order valence-electron chi connectivity index (χ2n) is 4.28. The van der Waals surface area contributed by atoms with E-state index in [0.29, 0.717) is 11.3 Å². The molecule has 0 fully saturated rings. The van der Waals surface area contributed by atoms with Gasteiger partial charge in [0.05, 0.1) is 17.7 Å². The zero-order valence-electron chi connectivity index (χ0n) is 11.2. The Morgan fingerprint density at radius 3 is 2.71 bits per heavy atom. The van der Waals surface area contributed by atoms with Gasteiger partial charge in [0.1, 0.15) is 5.82 Å². The Balaban J connectivity index is 2.14. The highest BCUT2D eigenvalue weighted by molar-refractivity contribution is 5.53. The number of hydrogen-bond donors (Lipinski definition) is 2. The number of non-ortho nitro benzene ring substituents is 1. The predicted molar refractivity (Wildman–Crippen MR) is 75.0 cm³/mol. The SMILES string of the molecule is COc1ccc(CNc2cc([N+](=O)[O-])ccc2F)cc1O. The molecule has 0 aromatic heterocycles. The molecule has 0 amide bonds. The lowest BCUT2D eigenvalue weighted by molar-refractivity contribution is -0.384. The zero-order valence-corrected chi connectivity index (χ0v) is 11.2.